The molecular formula is C23H24ClFN2O5. The van der Waals surface area contributed by atoms with E-state index < -0.39 is 23.9 Å². The molecule has 2 N–H and O–H groups in total. The van der Waals surface area contributed by atoms with Crippen LogP contribution < -0.4 is 20.1 Å². The lowest BCUT2D eigenvalue weighted by Gasteiger charge is -2.29. The summed E-state index contributed by atoms with van der Waals surface area (Å²) in [6, 6.07) is 8.06. The number of allylic oxidation sites excluding steroid dienone is 1. The van der Waals surface area contributed by atoms with E-state index in [1.54, 1.807) is 31.2 Å². The Morgan fingerprint density at radius 3 is 2.66 bits per heavy atom. The normalized spacial score (nSPS) is 15.7. The summed E-state index contributed by atoms with van der Waals surface area (Å²) in [5.74, 6) is -0.478. The molecule has 0 saturated heterocycles. The Balaban J connectivity index is 2.03. The molecule has 1 atom stereocenters. The summed E-state index contributed by atoms with van der Waals surface area (Å²) in [7, 11) is 1.46. The number of amides is 2. The molecule has 0 aromatic heterocycles. The number of methoxy groups -OCH3 is 1. The van der Waals surface area contributed by atoms with E-state index in [-0.39, 0.29) is 35.1 Å². The summed E-state index contributed by atoms with van der Waals surface area (Å²) in [4.78, 5) is 25.0. The highest BCUT2D eigenvalue weighted by Gasteiger charge is 2.35. The van der Waals surface area contributed by atoms with Crippen LogP contribution in [0.4, 0.5) is 9.18 Å². The zero-order valence-electron chi connectivity index (χ0n) is 18.0. The number of rotatable bonds is 8. The fraction of sp³-hybridized carbons (Fsp3) is 0.304. The Labute approximate surface area is 190 Å². The first-order valence-corrected chi connectivity index (χ1v) is 10.4. The van der Waals surface area contributed by atoms with Gasteiger partial charge in [0, 0.05) is 16.8 Å². The van der Waals surface area contributed by atoms with Gasteiger partial charge in [0.2, 0.25) is 0 Å². The second-order valence-electron chi connectivity index (χ2n) is 7.07. The Kier molecular flexibility index (Phi) is 7.58. The van der Waals surface area contributed by atoms with Gasteiger partial charge in [-0.15, -0.1) is 0 Å². The molecule has 32 heavy (non-hydrogen) atoms. The van der Waals surface area contributed by atoms with E-state index in [4.69, 9.17) is 25.8 Å². The molecule has 3 rings (SSSR count). The first-order chi connectivity index (χ1) is 15.4. The number of hydrogen-bond donors (Lipinski definition) is 2. The molecule has 0 radical (unpaired) electrons. The second-order valence-corrected chi connectivity index (χ2v) is 7.48. The number of carbonyl (C=O) groups excluding carboxylic acids is 2. The minimum atomic E-state index is -0.866. The number of esters is 1. The molecule has 1 aliphatic heterocycles. The molecule has 9 heteroatoms. The van der Waals surface area contributed by atoms with Crippen LogP contribution in [0, 0.1) is 5.82 Å². The highest BCUT2D eigenvalue weighted by atomic mass is 35.5. The summed E-state index contributed by atoms with van der Waals surface area (Å²) >= 11 is 6.12. The van der Waals surface area contributed by atoms with Gasteiger partial charge in [-0.2, -0.15) is 0 Å². The highest BCUT2D eigenvalue weighted by molar-refractivity contribution is 6.31. The molecule has 1 heterocycles. The molecular weight excluding hydrogens is 439 g/mol. The lowest BCUT2D eigenvalue weighted by molar-refractivity contribution is -0.139. The summed E-state index contributed by atoms with van der Waals surface area (Å²) in [5.41, 5.74) is 1.23. The van der Waals surface area contributed by atoms with Crippen LogP contribution in [0.1, 0.15) is 37.4 Å². The van der Waals surface area contributed by atoms with Gasteiger partial charge in [0.15, 0.2) is 11.5 Å². The molecule has 2 aromatic carbocycles. The number of nitrogens with one attached hydrogen (secondary N) is 2. The van der Waals surface area contributed by atoms with Gasteiger partial charge in [0.25, 0.3) is 0 Å². The van der Waals surface area contributed by atoms with E-state index in [2.05, 4.69) is 10.6 Å². The minimum absolute atomic E-state index is 0.176. The Bertz CT molecular complexity index is 1040. The lowest BCUT2D eigenvalue weighted by Crippen LogP contribution is -2.45. The average Bonchev–Trinajstić information content (AvgIpc) is 2.76. The van der Waals surface area contributed by atoms with Gasteiger partial charge in [-0.3, -0.25) is 0 Å². The predicted molar refractivity (Wildman–Crippen MR) is 117 cm³/mol. The maximum Gasteiger partial charge on any atom is 0.338 e. The first-order valence-electron chi connectivity index (χ1n) is 10.0. The first kappa shape index (κ1) is 23.4. The van der Waals surface area contributed by atoms with Crippen molar-refractivity contribution in [2.24, 2.45) is 0 Å². The van der Waals surface area contributed by atoms with Crippen molar-refractivity contribution in [2.75, 3.05) is 13.7 Å². The highest BCUT2D eigenvalue weighted by Crippen LogP contribution is 2.40. The van der Waals surface area contributed by atoms with Crippen molar-refractivity contribution in [1.82, 2.24) is 10.6 Å². The molecule has 0 bridgehead atoms. The molecule has 1 unspecified atom stereocenters. The maximum absolute atomic E-state index is 14.2. The van der Waals surface area contributed by atoms with Crippen LogP contribution in [-0.2, 0) is 16.1 Å². The summed E-state index contributed by atoms with van der Waals surface area (Å²) in [6.45, 7) is 3.56. The van der Waals surface area contributed by atoms with Crippen molar-refractivity contribution in [1.29, 1.82) is 0 Å². The molecule has 2 aromatic rings. The van der Waals surface area contributed by atoms with Gasteiger partial charge in [-0.25, -0.2) is 14.0 Å². The quantitative estimate of drug-likeness (QED) is 0.558. The molecule has 0 saturated carbocycles. The van der Waals surface area contributed by atoms with Gasteiger partial charge in [0.1, 0.15) is 12.4 Å². The Morgan fingerprint density at radius 2 is 1.97 bits per heavy atom. The number of urea groups is 1. The molecule has 170 valence electrons. The van der Waals surface area contributed by atoms with E-state index in [0.717, 1.165) is 0 Å². The van der Waals surface area contributed by atoms with Crippen molar-refractivity contribution in [3.8, 4) is 11.5 Å². The largest absolute Gasteiger partial charge is 0.493 e. The fourth-order valence-corrected chi connectivity index (χ4v) is 3.58. The van der Waals surface area contributed by atoms with Crippen LogP contribution >= 0.6 is 11.6 Å². The summed E-state index contributed by atoms with van der Waals surface area (Å²) < 4.78 is 30.9. The second kappa shape index (κ2) is 10.4. The number of halogens is 2. The van der Waals surface area contributed by atoms with Crippen LogP contribution in [0.2, 0.25) is 5.02 Å². The smallest absolute Gasteiger partial charge is 0.338 e. The van der Waals surface area contributed by atoms with Crippen LogP contribution in [-0.4, -0.2) is 25.7 Å². The van der Waals surface area contributed by atoms with Crippen molar-refractivity contribution >= 4 is 23.6 Å². The zero-order valence-corrected chi connectivity index (χ0v) is 18.7. The van der Waals surface area contributed by atoms with Crippen LogP contribution in [0.5, 0.6) is 11.5 Å². The zero-order chi connectivity index (χ0) is 23.3. The third kappa shape index (κ3) is 4.96. The predicted octanol–water partition coefficient (Wildman–Crippen LogP) is 4.65. The third-order valence-corrected chi connectivity index (χ3v) is 5.24. The van der Waals surface area contributed by atoms with Gasteiger partial charge < -0.3 is 24.8 Å². The fourth-order valence-electron chi connectivity index (χ4n) is 3.36. The van der Waals surface area contributed by atoms with Gasteiger partial charge in [-0.1, -0.05) is 36.7 Å². The van der Waals surface area contributed by atoms with Crippen molar-refractivity contribution in [2.45, 2.75) is 32.9 Å². The Hall–Kier alpha value is -3.26. The van der Waals surface area contributed by atoms with Crippen molar-refractivity contribution in [3.63, 3.8) is 0 Å². The summed E-state index contributed by atoms with van der Waals surface area (Å²) in [5, 5.41) is 5.55. The maximum atomic E-state index is 14.2. The standard InChI is InChI=1S/C23H24ClFN2O5/c1-4-11-31-22(28)19-13(2)26-23(29)27-20(19)14-7-5-10-18(30-3)21(14)32-12-15-16(24)8-6-9-17(15)25/h5-10,20H,4,11-12H2,1-3H3,(H2,26,27,29). The van der Waals surface area contributed by atoms with Crippen LogP contribution in [0.25, 0.3) is 0 Å². The lowest BCUT2D eigenvalue weighted by atomic mass is 9.94. The van der Waals surface area contributed by atoms with Crippen molar-refractivity contribution < 1.29 is 28.2 Å². The van der Waals surface area contributed by atoms with Gasteiger partial charge in [0.05, 0.1) is 30.4 Å². The van der Waals surface area contributed by atoms with Crippen molar-refractivity contribution in [3.05, 3.63) is 69.6 Å². The van der Waals surface area contributed by atoms with Gasteiger partial charge in [-0.05, 0) is 31.5 Å². The van der Waals surface area contributed by atoms with Gasteiger partial charge >= 0.3 is 12.0 Å². The number of para-hydroxylation sites is 1. The average molecular weight is 463 g/mol. The number of carbonyl (C=O) groups is 2. The monoisotopic (exact) mass is 462 g/mol. The summed E-state index contributed by atoms with van der Waals surface area (Å²) in [6.07, 6.45) is 0.652. The Morgan fingerprint density at radius 1 is 1.22 bits per heavy atom. The van der Waals surface area contributed by atoms with E-state index in [0.29, 0.717) is 23.4 Å². The van der Waals surface area contributed by atoms with E-state index in [9.17, 15) is 14.0 Å². The number of hydrogen-bond acceptors (Lipinski definition) is 5. The molecule has 2 amide bonds. The number of ether oxygens (including phenoxy) is 3. The molecule has 0 spiro atoms. The van der Waals surface area contributed by atoms with Crippen LogP contribution in [0.15, 0.2) is 47.7 Å². The topological polar surface area (TPSA) is 85.9 Å². The molecule has 0 fully saturated rings. The molecule has 7 nitrogen and oxygen atoms in total. The van der Waals surface area contributed by atoms with Crippen LogP contribution in [0.3, 0.4) is 0 Å². The third-order valence-electron chi connectivity index (χ3n) is 4.89. The molecule has 1 aliphatic rings. The minimum Gasteiger partial charge on any atom is -0.493 e. The van der Waals surface area contributed by atoms with E-state index >= 15 is 0 Å². The SMILES string of the molecule is CCCOC(=O)C1=C(C)NC(=O)NC1c1cccc(OC)c1OCc1c(F)cccc1Cl. The van der Waals surface area contributed by atoms with E-state index in [1.165, 1.54) is 19.2 Å². The molecule has 0 aliphatic carbocycles. The number of benzene rings is 2. The van der Waals surface area contributed by atoms with E-state index in [1.807, 2.05) is 6.92 Å².